The quantitative estimate of drug-likeness (QED) is 0.161. The third-order valence-electron chi connectivity index (χ3n) is 14.8. The van der Waals surface area contributed by atoms with E-state index in [0.717, 1.165) is 99.6 Å². The van der Waals surface area contributed by atoms with Crippen LogP contribution < -0.4 is 0 Å². The van der Waals surface area contributed by atoms with E-state index in [9.17, 15) is 0 Å². The van der Waals surface area contributed by atoms with Gasteiger partial charge in [-0.15, -0.1) is 0 Å². The van der Waals surface area contributed by atoms with Gasteiger partial charge in [-0.2, -0.15) is 0 Å². The lowest BCUT2D eigenvalue weighted by atomic mass is 10.0. The van der Waals surface area contributed by atoms with E-state index in [1.165, 1.54) is 32.7 Å². The first-order valence-corrected chi connectivity index (χ1v) is 27.7. The normalized spacial score (nSPS) is 11.3. The summed E-state index contributed by atoms with van der Waals surface area (Å²) in [4.78, 5) is 22.6. The summed E-state index contributed by atoms with van der Waals surface area (Å²) in [6.07, 6.45) is 3.80. The Balaban J connectivity index is 0.000000121. The first-order valence-electron chi connectivity index (χ1n) is 26.9. The largest absolute Gasteiger partial charge is 0.354 e. The zero-order chi connectivity index (χ0) is 54.1. The smallest absolute Gasteiger partial charge is 0.138 e. The molecule has 8 nitrogen and oxygen atoms in total. The van der Waals surface area contributed by atoms with E-state index in [1.54, 1.807) is 0 Å². The molecule has 0 atom stereocenters. The first-order chi connectivity index (χ1) is 40.1. The number of nitrogens with one attached hydrogen (secondary N) is 1. The second kappa shape index (κ2) is 21.4. The van der Waals surface area contributed by atoms with Gasteiger partial charge >= 0.3 is 0 Å². The van der Waals surface area contributed by atoms with Crippen molar-refractivity contribution in [3.63, 3.8) is 0 Å². The van der Waals surface area contributed by atoms with Crippen molar-refractivity contribution in [2.24, 2.45) is 0 Å². The van der Waals surface area contributed by atoms with Crippen LogP contribution in [0.4, 0.5) is 0 Å². The number of fused-ring (bicyclic) bond motifs is 8. The maximum Gasteiger partial charge on any atom is 0.138 e. The number of aromatic nitrogens is 8. The van der Waals surface area contributed by atoms with E-state index in [4.69, 9.17) is 9.97 Å². The number of benzene rings is 10. The SMILES string of the molecule is Brc1cc(-c2ccccc2)cc(-c2ccccc2)n1.c1ccc(-c2cc(-c3ccccc3)nc(-n3c4ccccc4c4cc5c(cc43)ncn5-c3ccccc3)c2)cc1.c1ccc(-n2cnc3cc4[nH]c5ccccc5c4cc32)cc1. The molecule has 81 heavy (non-hydrogen) atoms. The third-order valence-corrected chi connectivity index (χ3v) is 15.2. The molecule has 0 unspecified atom stereocenters. The third kappa shape index (κ3) is 9.62. The highest BCUT2D eigenvalue weighted by atomic mass is 79.9. The molecular formula is C72H49BrN8. The van der Waals surface area contributed by atoms with Crippen molar-refractivity contribution >= 4 is 81.6 Å². The van der Waals surface area contributed by atoms with Crippen molar-refractivity contribution in [2.45, 2.75) is 0 Å². The predicted octanol–water partition coefficient (Wildman–Crippen LogP) is 18.7. The molecule has 0 saturated carbocycles. The minimum atomic E-state index is 0.854. The Morgan fingerprint density at radius 1 is 0.309 bits per heavy atom. The molecule has 9 heteroatoms. The molecule has 0 saturated heterocycles. The number of aromatic amines is 1. The molecule has 0 aliphatic rings. The molecule has 16 rings (SSSR count). The highest BCUT2D eigenvalue weighted by Gasteiger charge is 2.19. The fraction of sp³-hybridized carbons (Fsp3) is 0. The van der Waals surface area contributed by atoms with Gasteiger partial charge in [-0.05, 0) is 123 Å². The molecule has 10 aromatic carbocycles. The summed E-state index contributed by atoms with van der Waals surface area (Å²) >= 11 is 3.50. The lowest BCUT2D eigenvalue weighted by molar-refractivity contribution is 1.08. The number of hydrogen-bond acceptors (Lipinski definition) is 4. The number of hydrogen-bond donors (Lipinski definition) is 1. The van der Waals surface area contributed by atoms with Gasteiger partial charge in [-0.3, -0.25) is 13.7 Å². The van der Waals surface area contributed by atoms with E-state index >= 15 is 0 Å². The van der Waals surface area contributed by atoms with Gasteiger partial charge in [0.1, 0.15) is 23.1 Å². The monoisotopic (exact) mass is 1100 g/mol. The summed E-state index contributed by atoms with van der Waals surface area (Å²) < 4.78 is 7.43. The van der Waals surface area contributed by atoms with Crippen molar-refractivity contribution in [1.29, 1.82) is 0 Å². The van der Waals surface area contributed by atoms with E-state index in [2.05, 4.69) is 251 Å². The van der Waals surface area contributed by atoms with Crippen LogP contribution in [0.2, 0.25) is 0 Å². The fourth-order valence-electron chi connectivity index (χ4n) is 10.9. The van der Waals surface area contributed by atoms with Crippen LogP contribution in [0, 0.1) is 0 Å². The summed E-state index contributed by atoms with van der Waals surface area (Å²) in [7, 11) is 0. The van der Waals surface area contributed by atoms with Crippen molar-refractivity contribution in [2.75, 3.05) is 0 Å². The Morgan fingerprint density at radius 2 is 0.765 bits per heavy atom. The Labute approximate surface area is 475 Å². The standard InChI is InChI=1S/C36H24N4.C19H13N3.C17H12BrN/c1-4-12-25(13-5-1)27-20-31(26-14-6-2-7-15-26)38-36(21-27)40-33-19-11-10-18-29(33)30-22-35-32(23-34(30)40)37-24-39(35)28-16-8-3-9-17-28;1-2-6-13(7-3-1)22-12-20-18-11-17-15(10-19(18)22)14-8-4-5-9-16(14)21-17;18-17-12-15(13-7-3-1-4-8-13)11-16(19-17)14-9-5-2-6-10-14/h1-24H;1-12,21H;1-12H. The summed E-state index contributed by atoms with van der Waals surface area (Å²) in [5.41, 5.74) is 19.7. The van der Waals surface area contributed by atoms with Gasteiger partial charge in [0.25, 0.3) is 0 Å². The second-order valence-corrected chi connectivity index (χ2v) is 20.6. The average molecular weight is 1110 g/mol. The molecule has 0 spiro atoms. The summed E-state index contributed by atoms with van der Waals surface area (Å²) in [6, 6.07) is 96.5. The molecule has 1 N–H and O–H groups in total. The number of imidazole rings is 2. The highest BCUT2D eigenvalue weighted by Crippen LogP contribution is 2.38. The topological polar surface area (TPSA) is 82.1 Å². The van der Waals surface area contributed by atoms with Crippen molar-refractivity contribution in [3.8, 4) is 62.0 Å². The minimum Gasteiger partial charge on any atom is -0.354 e. The number of nitrogens with zero attached hydrogens (tertiary/aromatic N) is 7. The van der Waals surface area contributed by atoms with Gasteiger partial charge in [-0.25, -0.2) is 19.9 Å². The summed E-state index contributed by atoms with van der Waals surface area (Å²) in [5.74, 6) is 0.883. The maximum atomic E-state index is 5.24. The van der Waals surface area contributed by atoms with Gasteiger partial charge in [0.15, 0.2) is 0 Å². The van der Waals surface area contributed by atoms with Crippen LogP contribution >= 0.6 is 15.9 Å². The van der Waals surface area contributed by atoms with Gasteiger partial charge in [0, 0.05) is 55.1 Å². The summed E-state index contributed by atoms with van der Waals surface area (Å²) in [5, 5.41) is 4.85. The molecule has 6 heterocycles. The molecule has 0 fully saturated rings. The molecule has 6 aromatic heterocycles. The van der Waals surface area contributed by atoms with Crippen LogP contribution in [0.25, 0.3) is 128 Å². The van der Waals surface area contributed by atoms with E-state index in [1.807, 2.05) is 85.5 Å². The summed E-state index contributed by atoms with van der Waals surface area (Å²) in [6.45, 7) is 0. The molecule has 0 amide bonds. The van der Waals surface area contributed by atoms with Crippen molar-refractivity contribution in [1.82, 2.24) is 38.6 Å². The first kappa shape index (κ1) is 48.9. The zero-order valence-corrected chi connectivity index (χ0v) is 45.3. The van der Waals surface area contributed by atoms with Gasteiger partial charge in [0.2, 0.25) is 0 Å². The van der Waals surface area contributed by atoms with Crippen LogP contribution in [-0.4, -0.2) is 38.6 Å². The van der Waals surface area contributed by atoms with E-state index < -0.39 is 0 Å². The maximum absolute atomic E-state index is 5.24. The lowest BCUT2D eigenvalue weighted by Gasteiger charge is -2.13. The second-order valence-electron chi connectivity index (χ2n) is 19.8. The number of H-pyrrole nitrogens is 1. The number of para-hydroxylation sites is 4. The lowest BCUT2D eigenvalue weighted by Crippen LogP contribution is -2.00. The zero-order valence-electron chi connectivity index (χ0n) is 43.7. The van der Waals surface area contributed by atoms with Crippen LogP contribution in [0.5, 0.6) is 0 Å². The van der Waals surface area contributed by atoms with E-state index in [-0.39, 0.29) is 0 Å². The van der Waals surface area contributed by atoms with Gasteiger partial charge in [-0.1, -0.05) is 194 Å². The van der Waals surface area contributed by atoms with Gasteiger partial charge in [0.05, 0.1) is 44.5 Å². The van der Waals surface area contributed by atoms with Crippen molar-refractivity contribution < 1.29 is 0 Å². The van der Waals surface area contributed by atoms with Crippen molar-refractivity contribution in [3.05, 3.63) is 296 Å². The molecule has 0 aliphatic carbocycles. The molecule has 16 aromatic rings. The Hall–Kier alpha value is -10.5. The number of pyridine rings is 2. The molecular weight excluding hydrogens is 1060 g/mol. The molecule has 0 radical (unpaired) electrons. The Morgan fingerprint density at radius 3 is 1.35 bits per heavy atom. The Bertz CT molecular complexity index is 4750. The van der Waals surface area contributed by atoms with Gasteiger partial charge < -0.3 is 4.98 Å². The van der Waals surface area contributed by atoms with Crippen LogP contribution in [-0.2, 0) is 0 Å². The number of halogens is 1. The molecule has 384 valence electrons. The molecule has 0 bridgehead atoms. The average Bonchev–Trinajstić information content (AvgIpc) is 4.50. The minimum absolute atomic E-state index is 0.854. The van der Waals surface area contributed by atoms with Crippen LogP contribution in [0.3, 0.4) is 0 Å². The van der Waals surface area contributed by atoms with Crippen LogP contribution in [0.15, 0.2) is 296 Å². The highest BCUT2D eigenvalue weighted by molar-refractivity contribution is 9.10. The molecule has 0 aliphatic heterocycles. The van der Waals surface area contributed by atoms with E-state index in [0.29, 0.717) is 0 Å². The Kier molecular flexibility index (Phi) is 12.9. The van der Waals surface area contributed by atoms with Crippen LogP contribution in [0.1, 0.15) is 0 Å². The predicted molar refractivity (Wildman–Crippen MR) is 337 cm³/mol. The fourth-order valence-corrected chi connectivity index (χ4v) is 11.3. The number of rotatable bonds is 7.